The lowest BCUT2D eigenvalue weighted by Gasteiger charge is -2.30. The number of rotatable bonds is 4. The van der Waals surface area contributed by atoms with Crippen molar-refractivity contribution in [3.8, 4) is 0 Å². The molecule has 3 rings (SSSR count). The van der Waals surface area contributed by atoms with Crippen molar-refractivity contribution in [1.82, 2.24) is 4.90 Å². The molecule has 1 unspecified atom stereocenters. The van der Waals surface area contributed by atoms with Gasteiger partial charge in [-0.1, -0.05) is 18.2 Å². The van der Waals surface area contributed by atoms with Gasteiger partial charge in [0.1, 0.15) is 0 Å². The number of halogens is 1. The number of carboxylic acid groups (broad SMARTS) is 1. The van der Waals surface area contributed by atoms with E-state index in [-0.39, 0.29) is 24.2 Å². The number of hydrogen-bond acceptors (Lipinski definition) is 3. The summed E-state index contributed by atoms with van der Waals surface area (Å²) >= 11 is 0. The van der Waals surface area contributed by atoms with E-state index in [2.05, 4.69) is 11.0 Å². The second-order valence-corrected chi connectivity index (χ2v) is 6.15. The Balaban J connectivity index is 0.00000192. The van der Waals surface area contributed by atoms with Crippen molar-refractivity contribution < 1.29 is 14.7 Å². The number of carbonyl (C=O) groups is 2. The fraction of sp³-hybridized carbons (Fsp3) is 0.529. The molecule has 1 fully saturated rings. The summed E-state index contributed by atoms with van der Waals surface area (Å²) in [6.07, 6.45) is 3.03. The van der Waals surface area contributed by atoms with Gasteiger partial charge in [-0.15, -0.1) is 12.4 Å². The third-order valence-electron chi connectivity index (χ3n) is 4.68. The minimum Gasteiger partial charge on any atom is -0.481 e. The normalized spacial score (nSPS) is 20.7. The number of carboxylic acids is 1. The molecular formula is C17H23ClN2O3. The molecule has 0 saturated carbocycles. The van der Waals surface area contributed by atoms with E-state index in [1.54, 1.807) is 0 Å². The summed E-state index contributed by atoms with van der Waals surface area (Å²) in [7, 11) is 0. The van der Waals surface area contributed by atoms with E-state index in [0.29, 0.717) is 19.5 Å². The average Bonchev–Trinajstić information content (AvgIpc) is 2.97. The Hall–Kier alpha value is -1.59. The van der Waals surface area contributed by atoms with E-state index in [9.17, 15) is 9.59 Å². The molecule has 1 aromatic rings. The largest absolute Gasteiger partial charge is 0.481 e. The second kappa shape index (κ2) is 7.79. The summed E-state index contributed by atoms with van der Waals surface area (Å²) in [6.45, 7) is 2.88. The molecule has 1 atom stereocenters. The van der Waals surface area contributed by atoms with E-state index < -0.39 is 5.97 Å². The molecular weight excluding hydrogens is 316 g/mol. The molecule has 1 N–H and O–H groups in total. The van der Waals surface area contributed by atoms with Gasteiger partial charge in [-0.25, -0.2) is 0 Å². The van der Waals surface area contributed by atoms with Crippen molar-refractivity contribution in [2.24, 2.45) is 5.92 Å². The van der Waals surface area contributed by atoms with E-state index in [1.807, 2.05) is 23.1 Å². The summed E-state index contributed by atoms with van der Waals surface area (Å²) in [5.74, 6) is -0.858. The number of benzene rings is 1. The molecule has 0 radical (unpaired) electrons. The molecule has 1 amide bonds. The Kier molecular flexibility index (Phi) is 6.02. The highest BCUT2D eigenvalue weighted by Crippen LogP contribution is 2.28. The Morgan fingerprint density at radius 1 is 1.22 bits per heavy atom. The smallest absolute Gasteiger partial charge is 0.307 e. The van der Waals surface area contributed by atoms with Crippen molar-refractivity contribution in [2.45, 2.75) is 25.7 Å². The molecule has 6 heteroatoms. The third kappa shape index (κ3) is 4.03. The molecule has 0 aromatic heterocycles. The number of hydrogen-bond donors (Lipinski definition) is 1. The van der Waals surface area contributed by atoms with Crippen LogP contribution in [-0.4, -0.2) is 48.1 Å². The summed E-state index contributed by atoms with van der Waals surface area (Å²) < 4.78 is 0. The maximum Gasteiger partial charge on any atom is 0.307 e. The van der Waals surface area contributed by atoms with Gasteiger partial charge in [0.2, 0.25) is 5.91 Å². The Morgan fingerprint density at radius 2 is 2.00 bits per heavy atom. The van der Waals surface area contributed by atoms with Gasteiger partial charge < -0.3 is 14.9 Å². The van der Waals surface area contributed by atoms with Crippen molar-refractivity contribution in [1.29, 1.82) is 0 Å². The lowest BCUT2D eigenvalue weighted by atomic mass is 9.98. The minimum absolute atomic E-state index is 0. The number of aliphatic carboxylic acids is 1. The van der Waals surface area contributed by atoms with E-state index in [1.165, 1.54) is 5.56 Å². The number of anilines is 1. The number of likely N-dealkylation sites (tertiary alicyclic amines) is 1. The zero-order valence-corrected chi connectivity index (χ0v) is 13.9. The van der Waals surface area contributed by atoms with Gasteiger partial charge in [0.05, 0.1) is 5.92 Å². The Labute approximate surface area is 142 Å². The van der Waals surface area contributed by atoms with Gasteiger partial charge >= 0.3 is 5.97 Å². The van der Waals surface area contributed by atoms with Crippen LogP contribution in [0.5, 0.6) is 0 Å². The number of piperidine rings is 1. The molecule has 1 saturated heterocycles. The minimum atomic E-state index is -0.718. The average molecular weight is 339 g/mol. The molecule has 2 aliphatic heterocycles. The van der Waals surface area contributed by atoms with Crippen molar-refractivity contribution in [3.05, 3.63) is 29.8 Å². The van der Waals surface area contributed by atoms with Crippen LogP contribution < -0.4 is 4.90 Å². The maximum absolute atomic E-state index is 12.4. The van der Waals surface area contributed by atoms with Gasteiger partial charge in [0.15, 0.2) is 0 Å². The fourth-order valence-corrected chi connectivity index (χ4v) is 3.45. The number of fused-ring (bicyclic) bond motifs is 1. The standard InChI is InChI=1S/C17H22N2O3.ClH/c20-16(19-11-7-13-4-1-2-6-15(13)19)8-10-18-9-3-5-14(12-18)17(21)22;/h1-2,4,6,14H,3,5,7-12H2,(H,21,22);1H. The SMILES string of the molecule is Cl.O=C(O)C1CCCN(CCC(=O)N2CCc3ccccc32)C1. The number of carbonyl (C=O) groups excluding carboxylic acids is 1. The fourth-order valence-electron chi connectivity index (χ4n) is 3.45. The molecule has 126 valence electrons. The van der Waals surface area contributed by atoms with Crippen LogP contribution in [0.4, 0.5) is 5.69 Å². The highest BCUT2D eigenvalue weighted by Gasteiger charge is 2.27. The highest BCUT2D eigenvalue weighted by molar-refractivity contribution is 5.95. The molecule has 5 nitrogen and oxygen atoms in total. The molecule has 1 aromatic carbocycles. The summed E-state index contributed by atoms with van der Waals surface area (Å²) in [4.78, 5) is 27.5. The zero-order valence-electron chi connectivity index (χ0n) is 13.1. The van der Waals surface area contributed by atoms with Crippen LogP contribution in [0.3, 0.4) is 0 Å². The first-order valence-electron chi connectivity index (χ1n) is 7.98. The summed E-state index contributed by atoms with van der Waals surface area (Å²) in [5.41, 5.74) is 2.27. The van der Waals surface area contributed by atoms with Gasteiger partial charge in [-0.3, -0.25) is 9.59 Å². The monoisotopic (exact) mass is 338 g/mol. The van der Waals surface area contributed by atoms with Crippen molar-refractivity contribution in [3.63, 3.8) is 0 Å². The molecule has 0 bridgehead atoms. The molecule has 23 heavy (non-hydrogen) atoms. The van der Waals surface area contributed by atoms with Gasteiger partial charge in [-0.2, -0.15) is 0 Å². The van der Waals surface area contributed by atoms with Crippen LogP contribution >= 0.6 is 12.4 Å². The zero-order chi connectivity index (χ0) is 15.5. The van der Waals surface area contributed by atoms with E-state index in [0.717, 1.165) is 38.0 Å². The Bertz CT molecular complexity index is 579. The van der Waals surface area contributed by atoms with Crippen LogP contribution in [0, 0.1) is 5.92 Å². The summed E-state index contributed by atoms with van der Waals surface area (Å²) in [6, 6.07) is 8.05. The van der Waals surface area contributed by atoms with Gasteiger partial charge in [0.25, 0.3) is 0 Å². The topological polar surface area (TPSA) is 60.9 Å². The van der Waals surface area contributed by atoms with E-state index >= 15 is 0 Å². The first-order valence-corrected chi connectivity index (χ1v) is 7.98. The van der Waals surface area contributed by atoms with Crippen LogP contribution in [0.15, 0.2) is 24.3 Å². The van der Waals surface area contributed by atoms with Gasteiger partial charge in [-0.05, 0) is 37.4 Å². The van der Waals surface area contributed by atoms with Gasteiger partial charge in [0, 0.05) is 31.7 Å². The lowest BCUT2D eigenvalue weighted by Crippen LogP contribution is -2.41. The van der Waals surface area contributed by atoms with Crippen LogP contribution in [0.25, 0.3) is 0 Å². The molecule has 0 aliphatic carbocycles. The summed E-state index contributed by atoms with van der Waals surface area (Å²) in [5, 5.41) is 9.11. The predicted molar refractivity (Wildman–Crippen MR) is 91.2 cm³/mol. The van der Waals surface area contributed by atoms with Crippen LogP contribution in [0.2, 0.25) is 0 Å². The lowest BCUT2D eigenvalue weighted by molar-refractivity contribution is -0.143. The number of nitrogens with zero attached hydrogens (tertiary/aromatic N) is 2. The maximum atomic E-state index is 12.4. The molecule has 2 aliphatic rings. The Morgan fingerprint density at radius 3 is 2.78 bits per heavy atom. The highest BCUT2D eigenvalue weighted by atomic mass is 35.5. The number of para-hydroxylation sites is 1. The van der Waals surface area contributed by atoms with Crippen LogP contribution in [-0.2, 0) is 16.0 Å². The van der Waals surface area contributed by atoms with Crippen LogP contribution in [0.1, 0.15) is 24.8 Å². The second-order valence-electron chi connectivity index (χ2n) is 6.15. The number of amides is 1. The predicted octanol–water partition coefficient (Wildman–Crippen LogP) is 2.18. The van der Waals surface area contributed by atoms with Crippen molar-refractivity contribution in [2.75, 3.05) is 31.1 Å². The molecule has 0 spiro atoms. The first-order chi connectivity index (χ1) is 10.6. The van der Waals surface area contributed by atoms with Crippen molar-refractivity contribution >= 4 is 30.0 Å². The third-order valence-corrected chi connectivity index (χ3v) is 4.68. The first kappa shape index (κ1) is 17.8. The quantitative estimate of drug-likeness (QED) is 0.914. The van der Waals surface area contributed by atoms with E-state index in [4.69, 9.17) is 5.11 Å². The molecule has 2 heterocycles.